The van der Waals surface area contributed by atoms with Gasteiger partial charge in [-0.15, -0.1) is 0 Å². The van der Waals surface area contributed by atoms with E-state index in [-0.39, 0.29) is 29.4 Å². The summed E-state index contributed by atoms with van der Waals surface area (Å²) in [4.78, 5) is 22.7. The smallest absolute Gasteiger partial charge is 0.339 e. The van der Waals surface area contributed by atoms with Crippen LogP contribution in [-0.4, -0.2) is 49.6 Å². The second kappa shape index (κ2) is 11.4. The van der Waals surface area contributed by atoms with Gasteiger partial charge in [-0.25, -0.2) is 9.59 Å². The third-order valence-electron chi connectivity index (χ3n) is 4.33. The van der Waals surface area contributed by atoms with Gasteiger partial charge in [-0.1, -0.05) is 55.1 Å². The number of phenolic OH excluding ortho intramolecular Hbond substituents is 1. The molecular weight excluding hydrogens is 583 g/mol. The Labute approximate surface area is 205 Å². The number of rotatable bonds is 4. The number of aromatic hydroxyl groups is 1. The largest absolute Gasteiger partial charge is 0.506 e. The fraction of sp³-hybridized carbons (Fsp3) is 0.300. The van der Waals surface area contributed by atoms with Gasteiger partial charge in [0.25, 0.3) is 0 Å². The van der Waals surface area contributed by atoms with Crippen LogP contribution >= 0.6 is 55.1 Å². The van der Waals surface area contributed by atoms with Crippen molar-refractivity contribution in [2.75, 3.05) is 27.4 Å². The van der Waals surface area contributed by atoms with Gasteiger partial charge in [0.05, 0.1) is 42.0 Å². The Balaban J connectivity index is 0.000000220. The number of benzene rings is 2. The summed E-state index contributed by atoms with van der Waals surface area (Å²) in [6.45, 7) is 0.471. The van der Waals surface area contributed by atoms with E-state index >= 15 is 0 Å². The number of hydrogen-bond donors (Lipinski definition) is 2. The average molecular weight is 601 g/mol. The maximum atomic E-state index is 11.4. The van der Waals surface area contributed by atoms with Crippen molar-refractivity contribution in [1.82, 2.24) is 0 Å². The highest BCUT2D eigenvalue weighted by atomic mass is 79.9. The molecular formula is C20H18Br2Cl2O7. The van der Waals surface area contributed by atoms with Crippen molar-refractivity contribution in [2.24, 2.45) is 0 Å². The van der Waals surface area contributed by atoms with Gasteiger partial charge in [0.1, 0.15) is 11.5 Å². The number of phenols is 1. The lowest BCUT2D eigenvalue weighted by Gasteiger charge is -2.11. The summed E-state index contributed by atoms with van der Waals surface area (Å²) in [5.41, 5.74) is 1.87. The Hall–Kier alpha value is -1.52. The molecule has 2 aromatic rings. The molecule has 1 aliphatic rings. The number of fused-ring (bicyclic) bond motifs is 1. The molecule has 0 aromatic heterocycles. The molecule has 0 aliphatic carbocycles. The van der Waals surface area contributed by atoms with Gasteiger partial charge in [0, 0.05) is 39.5 Å². The van der Waals surface area contributed by atoms with Crippen molar-refractivity contribution in [1.29, 1.82) is 0 Å². The summed E-state index contributed by atoms with van der Waals surface area (Å²) in [5, 5.41) is 18.8. The van der Waals surface area contributed by atoms with Crippen molar-refractivity contribution in [3.8, 4) is 11.5 Å². The Bertz CT molecular complexity index is 1010. The molecule has 0 amide bonds. The van der Waals surface area contributed by atoms with Gasteiger partial charge in [-0.3, -0.25) is 0 Å². The topological polar surface area (TPSA) is 102 Å². The summed E-state index contributed by atoms with van der Waals surface area (Å²) in [5.74, 6) is -0.715. The average Bonchev–Trinajstić information content (AvgIpc) is 3.26. The minimum atomic E-state index is -0.628. The lowest BCUT2D eigenvalue weighted by atomic mass is 10.1. The predicted molar refractivity (Wildman–Crippen MR) is 123 cm³/mol. The van der Waals surface area contributed by atoms with E-state index in [0.29, 0.717) is 33.0 Å². The minimum absolute atomic E-state index is 0.0708. The number of halogens is 4. The Kier molecular flexibility index (Phi) is 9.45. The zero-order valence-corrected chi connectivity index (χ0v) is 21.1. The number of carbonyl (C=O) groups excluding carboxylic acids is 2. The van der Waals surface area contributed by atoms with E-state index in [1.54, 1.807) is 6.07 Å². The van der Waals surface area contributed by atoms with Crippen LogP contribution in [0.3, 0.4) is 0 Å². The number of methoxy groups -OCH3 is 2. The summed E-state index contributed by atoms with van der Waals surface area (Å²) in [6.07, 6.45) is 1.05. The van der Waals surface area contributed by atoms with Gasteiger partial charge in [-0.2, -0.15) is 0 Å². The molecule has 0 unspecified atom stereocenters. The van der Waals surface area contributed by atoms with E-state index in [1.807, 2.05) is 0 Å². The summed E-state index contributed by atoms with van der Waals surface area (Å²) < 4.78 is 15.9. The Morgan fingerprint density at radius 1 is 1.06 bits per heavy atom. The predicted octanol–water partition coefficient (Wildman–Crippen LogP) is 4.95. The summed E-state index contributed by atoms with van der Waals surface area (Å²) >= 11 is 18.5. The molecule has 0 spiro atoms. The molecule has 168 valence electrons. The van der Waals surface area contributed by atoms with Gasteiger partial charge in [0.15, 0.2) is 0 Å². The van der Waals surface area contributed by atoms with Gasteiger partial charge in [-0.05, 0) is 12.1 Å². The van der Waals surface area contributed by atoms with Crippen molar-refractivity contribution in [3.05, 3.63) is 53.4 Å². The van der Waals surface area contributed by atoms with Crippen molar-refractivity contribution in [3.63, 3.8) is 0 Å². The molecule has 7 nitrogen and oxygen atoms in total. The van der Waals surface area contributed by atoms with Crippen LogP contribution in [0.1, 0.15) is 31.8 Å². The van der Waals surface area contributed by atoms with Gasteiger partial charge >= 0.3 is 11.9 Å². The number of hydrogen-bond acceptors (Lipinski definition) is 7. The highest BCUT2D eigenvalue weighted by Gasteiger charge is 2.25. The van der Waals surface area contributed by atoms with E-state index in [0.717, 1.165) is 16.5 Å². The van der Waals surface area contributed by atoms with Crippen LogP contribution in [-0.2, 0) is 22.3 Å². The monoisotopic (exact) mass is 598 g/mol. The lowest BCUT2D eigenvalue weighted by Crippen LogP contribution is -2.04. The Morgan fingerprint density at radius 3 is 2.16 bits per heavy atom. The van der Waals surface area contributed by atoms with Crippen LogP contribution < -0.4 is 4.74 Å². The lowest BCUT2D eigenvalue weighted by molar-refractivity contribution is 0.0591. The summed E-state index contributed by atoms with van der Waals surface area (Å²) in [7, 11) is 2.55. The van der Waals surface area contributed by atoms with Crippen molar-refractivity contribution in [2.45, 2.75) is 12.8 Å². The molecule has 0 atom stereocenters. The SMILES string of the molecule is COC(=O)c1cc(Br)c(CCO)c(O)c1Cl.COC(=O)c1cc(Br)c2c(c1Cl)OCC2. The molecule has 0 fully saturated rings. The normalized spacial score (nSPS) is 11.7. The second-order valence-corrected chi connectivity index (χ2v) is 8.59. The Morgan fingerprint density at radius 2 is 1.61 bits per heavy atom. The van der Waals surface area contributed by atoms with Crippen LogP contribution in [0.5, 0.6) is 11.5 Å². The first-order valence-electron chi connectivity index (χ1n) is 8.78. The minimum Gasteiger partial charge on any atom is -0.506 e. The first-order chi connectivity index (χ1) is 14.7. The molecule has 1 aliphatic heterocycles. The highest BCUT2D eigenvalue weighted by molar-refractivity contribution is 9.10. The fourth-order valence-electron chi connectivity index (χ4n) is 2.80. The molecule has 0 saturated carbocycles. The molecule has 0 bridgehead atoms. The van der Waals surface area contributed by atoms with E-state index in [4.69, 9.17) is 33.0 Å². The van der Waals surface area contributed by atoms with Gasteiger partial charge in [0.2, 0.25) is 0 Å². The first-order valence-corrected chi connectivity index (χ1v) is 11.1. The molecule has 2 N–H and O–H groups in total. The second-order valence-electron chi connectivity index (χ2n) is 6.13. The third-order valence-corrected chi connectivity index (χ3v) is 6.50. The molecule has 31 heavy (non-hydrogen) atoms. The molecule has 2 aromatic carbocycles. The fourth-order valence-corrected chi connectivity index (χ4v) is 4.56. The quantitative estimate of drug-likeness (QED) is 0.479. The molecule has 1 heterocycles. The van der Waals surface area contributed by atoms with E-state index < -0.39 is 11.9 Å². The first kappa shape index (κ1) is 25.7. The molecule has 11 heteroatoms. The number of carbonyl (C=O) groups is 2. The number of esters is 2. The van der Waals surface area contributed by atoms with Crippen LogP contribution in [0.15, 0.2) is 21.1 Å². The maximum Gasteiger partial charge on any atom is 0.339 e. The number of aliphatic hydroxyl groups is 1. The van der Waals surface area contributed by atoms with Crippen LogP contribution in [0.4, 0.5) is 0 Å². The van der Waals surface area contributed by atoms with Crippen LogP contribution in [0, 0.1) is 0 Å². The zero-order valence-electron chi connectivity index (χ0n) is 16.4. The summed E-state index contributed by atoms with van der Waals surface area (Å²) in [6, 6.07) is 3.13. The standard InChI is InChI=1S/C10H10BrClO4.C10H8BrClO3/c1-16-10(15)6-4-7(11)5(2-3-13)9(14)8(6)12;1-14-10(13)6-4-7(11)5-2-3-15-9(5)8(6)12/h4,13-14H,2-3H2,1H3;4H,2-3H2,1H3. The van der Waals surface area contributed by atoms with Crippen molar-refractivity contribution < 1.29 is 34.0 Å². The number of aliphatic hydroxyl groups excluding tert-OH is 1. The molecule has 0 radical (unpaired) electrons. The maximum absolute atomic E-state index is 11.4. The van der Waals surface area contributed by atoms with Gasteiger partial charge < -0.3 is 24.4 Å². The number of ether oxygens (including phenoxy) is 3. The van der Waals surface area contributed by atoms with Crippen LogP contribution in [0.25, 0.3) is 0 Å². The van der Waals surface area contributed by atoms with E-state index in [9.17, 15) is 14.7 Å². The highest BCUT2D eigenvalue weighted by Crippen LogP contribution is 2.41. The van der Waals surface area contributed by atoms with Crippen LogP contribution in [0.2, 0.25) is 10.0 Å². The third kappa shape index (κ3) is 5.64. The molecule has 3 rings (SSSR count). The van der Waals surface area contributed by atoms with E-state index in [1.165, 1.54) is 20.3 Å². The zero-order chi connectivity index (χ0) is 23.3. The van der Waals surface area contributed by atoms with Crippen molar-refractivity contribution >= 4 is 67.0 Å². The van der Waals surface area contributed by atoms with E-state index in [2.05, 4.69) is 41.3 Å². The molecule has 0 saturated heterocycles.